The Morgan fingerprint density at radius 1 is 1.15 bits per heavy atom. The second-order valence-corrected chi connectivity index (χ2v) is 5.94. The zero-order chi connectivity index (χ0) is 19.1. The van der Waals surface area contributed by atoms with Crippen LogP contribution in [0.25, 0.3) is 6.08 Å². The Hall–Kier alpha value is -3.47. The minimum atomic E-state index is -0.376. The highest BCUT2D eigenvalue weighted by atomic mass is 19.1. The highest BCUT2D eigenvalue weighted by Crippen LogP contribution is 2.22. The molecule has 1 heterocycles. The number of nitrogens with zero attached hydrogens (tertiary/aromatic N) is 1. The summed E-state index contributed by atoms with van der Waals surface area (Å²) in [5.74, 6) is 0.0844. The van der Waals surface area contributed by atoms with Crippen molar-refractivity contribution >= 4 is 17.8 Å². The number of benzene rings is 2. The first-order valence-electron chi connectivity index (χ1n) is 8.49. The summed E-state index contributed by atoms with van der Waals surface area (Å²) in [6.45, 7) is 2.39. The minimum Gasteiger partial charge on any atom is -0.485 e. The Morgan fingerprint density at radius 2 is 2.00 bits per heavy atom. The molecule has 0 atom stereocenters. The van der Waals surface area contributed by atoms with E-state index in [1.54, 1.807) is 30.5 Å². The van der Waals surface area contributed by atoms with Crippen molar-refractivity contribution in [2.24, 2.45) is 0 Å². The van der Waals surface area contributed by atoms with E-state index in [-0.39, 0.29) is 11.7 Å². The summed E-state index contributed by atoms with van der Waals surface area (Å²) in [5.41, 5.74) is 2.79. The van der Waals surface area contributed by atoms with Gasteiger partial charge in [0, 0.05) is 12.3 Å². The van der Waals surface area contributed by atoms with Gasteiger partial charge in [-0.3, -0.25) is 4.79 Å². The zero-order valence-corrected chi connectivity index (χ0v) is 14.9. The van der Waals surface area contributed by atoms with Crippen LogP contribution >= 0.6 is 0 Å². The first-order valence-corrected chi connectivity index (χ1v) is 8.49. The summed E-state index contributed by atoms with van der Waals surface area (Å²) in [6, 6.07) is 17.4. The van der Waals surface area contributed by atoms with Gasteiger partial charge in [-0.05, 0) is 54.0 Å². The molecule has 0 radical (unpaired) electrons. The molecule has 0 spiro atoms. The van der Waals surface area contributed by atoms with Crippen molar-refractivity contribution in [2.75, 3.05) is 5.32 Å². The molecule has 1 aromatic heterocycles. The molecule has 0 unspecified atom stereocenters. The van der Waals surface area contributed by atoms with Crippen molar-refractivity contribution in [2.45, 2.75) is 13.5 Å². The number of nitrogens with one attached hydrogen (secondary N) is 1. The van der Waals surface area contributed by atoms with Crippen LogP contribution in [-0.2, 0) is 11.4 Å². The lowest BCUT2D eigenvalue weighted by molar-refractivity contribution is -0.111. The van der Waals surface area contributed by atoms with Gasteiger partial charge in [0.1, 0.15) is 12.4 Å². The molecule has 0 saturated heterocycles. The number of pyridine rings is 1. The van der Waals surface area contributed by atoms with E-state index < -0.39 is 0 Å². The number of hydrogen-bond donors (Lipinski definition) is 1. The van der Waals surface area contributed by atoms with Gasteiger partial charge in [0.2, 0.25) is 5.91 Å². The van der Waals surface area contributed by atoms with Crippen LogP contribution in [-0.4, -0.2) is 10.9 Å². The fraction of sp³-hybridized carbons (Fsp3) is 0.0909. The predicted molar refractivity (Wildman–Crippen MR) is 104 cm³/mol. The normalized spacial score (nSPS) is 10.7. The topological polar surface area (TPSA) is 51.2 Å². The first-order chi connectivity index (χ1) is 13.1. The first kappa shape index (κ1) is 18.3. The summed E-state index contributed by atoms with van der Waals surface area (Å²) < 4.78 is 19.0. The fourth-order valence-electron chi connectivity index (χ4n) is 2.47. The third kappa shape index (κ3) is 5.25. The van der Waals surface area contributed by atoms with Crippen molar-refractivity contribution in [3.63, 3.8) is 0 Å². The molecule has 3 aromatic rings. The van der Waals surface area contributed by atoms with Gasteiger partial charge in [-0.15, -0.1) is 0 Å². The molecule has 0 bridgehead atoms. The van der Waals surface area contributed by atoms with Crippen LogP contribution in [0.3, 0.4) is 0 Å². The van der Waals surface area contributed by atoms with Gasteiger partial charge in [-0.1, -0.05) is 36.4 Å². The minimum absolute atomic E-state index is 0.333. The summed E-state index contributed by atoms with van der Waals surface area (Å²) in [7, 11) is 0. The summed E-state index contributed by atoms with van der Waals surface area (Å²) >= 11 is 0. The van der Waals surface area contributed by atoms with E-state index in [1.807, 2.05) is 31.2 Å². The van der Waals surface area contributed by atoms with Gasteiger partial charge in [0.15, 0.2) is 11.6 Å². The maximum atomic E-state index is 13.2. The fourth-order valence-corrected chi connectivity index (χ4v) is 2.47. The smallest absolute Gasteiger partial charge is 0.249 e. The SMILES string of the molecule is Cc1ccccc1COc1cccnc1NC(=O)/C=C/c1cccc(F)c1. The number of aryl methyl sites for hydroxylation is 1. The Labute approximate surface area is 157 Å². The molecule has 1 amide bonds. The number of aromatic nitrogens is 1. The van der Waals surface area contributed by atoms with E-state index in [0.29, 0.717) is 23.7 Å². The monoisotopic (exact) mass is 362 g/mol. The van der Waals surface area contributed by atoms with Crippen LogP contribution in [0.5, 0.6) is 5.75 Å². The lowest BCUT2D eigenvalue weighted by atomic mass is 10.1. The molecule has 1 N–H and O–H groups in total. The van der Waals surface area contributed by atoms with Crippen LogP contribution in [0, 0.1) is 12.7 Å². The quantitative estimate of drug-likeness (QED) is 0.643. The average Bonchev–Trinajstić information content (AvgIpc) is 2.67. The zero-order valence-electron chi connectivity index (χ0n) is 14.9. The number of carbonyl (C=O) groups is 1. The summed E-state index contributed by atoms with van der Waals surface area (Å²) in [4.78, 5) is 16.3. The van der Waals surface area contributed by atoms with Crippen molar-refractivity contribution in [1.29, 1.82) is 0 Å². The number of carbonyl (C=O) groups excluding carboxylic acids is 1. The Morgan fingerprint density at radius 3 is 2.81 bits per heavy atom. The maximum Gasteiger partial charge on any atom is 0.249 e. The van der Waals surface area contributed by atoms with Crippen LogP contribution in [0.4, 0.5) is 10.2 Å². The van der Waals surface area contributed by atoms with E-state index in [2.05, 4.69) is 10.3 Å². The predicted octanol–water partition coefficient (Wildman–Crippen LogP) is 4.76. The molecule has 0 aliphatic rings. The van der Waals surface area contributed by atoms with Crippen molar-refractivity contribution < 1.29 is 13.9 Å². The third-order valence-electron chi connectivity index (χ3n) is 3.93. The van der Waals surface area contributed by atoms with E-state index in [4.69, 9.17) is 4.74 Å². The van der Waals surface area contributed by atoms with Gasteiger partial charge < -0.3 is 10.1 Å². The lowest BCUT2D eigenvalue weighted by Crippen LogP contribution is -2.11. The molecular weight excluding hydrogens is 343 g/mol. The van der Waals surface area contributed by atoms with Gasteiger partial charge in [0.25, 0.3) is 0 Å². The van der Waals surface area contributed by atoms with Gasteiger partial charge in [-0.2, -0.15) is 0 Å². The van der Waals surface area contributed by atoms with E-state index >= 15 is 0 Å². The molecule has 136 valence electrons. The summed E-state index contributed by atoms with van der Waals surface area (Å²) in [6.07, 6.45) is 4.44. The highest BCUT2D eigenvalue weighted by molar-refractivity contribution is 6.02. The molecule has 27 heavy (non-hydrogen) atoms. The van der Waals surface area contributed by atoms with Crippen molar-refractivity contribution in [3.8, 4) is 5.75 Å². The molecule has 0 fully saturated rings. The molecule has 4 nitrogen and oxygen atoms in total. The molecule has 0 aliphatic carbocycles. The van der Waals surface area contributed by atoms with Gasteiger partial charge in [0.05, 0.1) is 0 Å². The maximum absolute atomic E-state index is 13.2. The average molecular weight is 362 g/mol. The largest absolute Gasteiger partial charge is 0.485 e. The van der Waals surface area contributed by atoms with Crippen molar-refractivity contribution in [1.82, 2.24) is 4.98 Å². The Balaban J connectivity index is 1.66. The molecule has 5 heteroatoms. The molecule has 0 aliphatic heterocycles. The standard InChI is InChI=1S/C22H19FN2O2/c1-16-6-2-3-8-18(16)15-27-20-10-5-13-24-22(20)25-21(26)12-11-17-7-4-9-19(23)14-17/h2-14H,15H2,1H3,(H,24,25,26)/b12-11+. The highest BCUT2D eigenvalue weighted by Gasteiger charge is 2.08. The van der Waals surface area contributed by atoms with Crippen LogP contribution in [0.1, 0.15) is 16.7 Å². The Kier molecular flexibility index (Phi) is 5.94. The molecular formula is C22H19FN2O2. The lowest BCUT2D eigenvalue weighted by Gasteiger charge is -2.12. The van der Waals surface area contributed by atoms with Crippen molar-refractivity contribution in [3.05, 3.63) is 95.4 Å². The number of rotatable bonds is 6. The van der Waals surface area contributed by atoms with E-state index in [0.717, 1.165) is 11.1 Å². The molecule has 2 aromatic carbocycles. The third-order valence-corrected chi connectivity index (χ3v) is 3.93. The Bertz CT molecular complexity index is 970. The second-order valence-electron chi connectivity index (χ2n) is 5.94. The van der Waals surface area contributed by atoms with E-state index in [1.165, 1.54) is 24.3 Å². The number of ether oxygens (including phenoxy) is 1. The molecule has 3 rings (SSSR count). The van der Waals surface area contributed by atoms with Crippen LogP contribution in [0.15, 0.2) is 72.9 Å². The number of hydrogen-bond acceptors (Lipinski definition) is 3. The van der Waals surface area contributed by atoms with Crippen LogP contribution in [0.2, 0.25) is 0 Å². The van der Waals surface area contributed by atoms with Gasteiger partial charge >= 0.3 is 0 Å². The summed E-state index contributed by atoms with van der Waals surface area (Å²) in [5, 5.41) is 2.69. The molecule has 0 saturated carbocycles. The number of anilines is 1. The van der Waals surface area contributed by atoms with E-state index in [9.17, 15) is 9.18 Å². The second kappa shape index (κ2) is 8.76. The number of amides is 1. The van der Waals surface area contributed by atoms with Crippen LogP contribution < -0.4 is 10.1 Å². The number of halogens is 1. The van der Waals surface area contributed by atoms with Gasteiger partial charge in [-0.25, -0.2) is 9.37 Å².